The molecule has 3 aromatic carbocycles. The normalized spacial score (nSPS) is 15.3. The third-order valence-corrected chi connectivity index (χ3v) is 10.3. The molecule has 250 valence electrons. The number of nitrogens with zero attached hydrogens (tertiary/aromatic N) is 3. The molecular formula is C35H39FN7O4S+. The maximum atomic E-state index is 13.6. The van der Waals surface area contributed by atoms with Crippen molar-refractivity contribution in [2.75, 3.05) is 35.3 Å². The average Bonchev–Trinajstić information content (AvgIpc) is 3.48. The predicted octanol–water partition coefficient (Wildman–Crippen LogP) is 2.66. The summed E-state index contributed by atoms with van der Waals surface area (Å²) in [6.45, 7) is 1.16. The number of nitrogens with one attached hydrogen (secondary N) is 3. The lowest BCUT2D eigenvalue weighted by Gasteiger charge is -2.32. The Balaban J connectivity index is 1.19. The zero-order chi connectivity index (χ0) is 33.7. The van der Waals surface area contributed by atoms with E-state index < -0.39 is 15.4 Å². The van der Waals surface area contributed by atoms with Crippen molar-refractivity contribution in [3.8, 4) is 5.69 Å². The van der Waals surface area contributed by atoms with Gasteiger partial charge in [-0.15, -0.1) is 0 Å². The van der Waals surface area contributed by atoms with E-state index in [1.165, 1.54) is 24.7 Å². The van der Waals surface area contributed by atoms with Crippen LogP contribution in [0.1, 0.15) is 35.1 Å². The third kappa shape index (κ3) is 7.88. The molecule has 0 spiro atoms. The second-order valence-electron chi connectivity index (χ2n) is 12.2. The Kier molecular flexibility index (Phi) is 9.83. The molecule has 5 aromatic rings. The van der Waals surface area contributed by atoms with E-state index in [2.05, 4.69) is 25.9 Å². The molecule has 0 saturated carbocycles. The summed E-state index contributed by atoms with van der Waals surface area (Å²) in [6, 6.07) is 18.0. The van der Waals surface area contributed by atoms with Crippen molar-refractivity contribution >= 4 is 44.1 Å². The van der Waals surface area contributed by atoms with E-state index in [9.17, 15) is 23.0 Å². The SMILES string of the molecule is [NH2+]=Cc1cc(Nc2ncnc3ccc(-n4cc(CCO)c(CNCC5(O)CCS(=O)(=O)CC5)c4)cc23)ccc1NCc1cccc(F)c1. The molecule has 7 N–H and O–H groups in total. The summed E-state index contributed by atoms with van der Waals surface area (Å²) in [5.41, 5.74) is 5.65. The van der Waals surface area contributed by atoms with E-state index in [-0.39, 0.29) is 43.3 Å². The summed E-state index contributed by atoms with van der Waals surface area (Å²) in [5.74, 6) is 0.310. The van der Waals surface area contributed by atoms with Crippen molar-refractivity contribution < 1.29 is 28.4 Å². The van der Waals surface area contributed by atoms with Crippen LogP contribution in [0.5, 0.6) is 0 Å². The van der Waals surface area contributed by atoms with Crippen LogP contribution in [0, 0.1) is 5.82 Å². The average molecular weight is 673 g/mol. The Morgan fingerprint density at radius 2 is 1.81 bits per heavy atom. The van der Waals surface area contributed by atoms with Gasteiger partial charge in [-0.1, -0.05) is 12.1 Å². The van der Waals surface area contributed by atoms with Crippen LogP contribution in [0.4, 0.5) is 21.6 Å². The van der Waals surface area contributed by atoms with Gasteiger partial charge in [-0.3, -0.25) is 5.41 Å². The summed E-state index contributed by atoms with van der Waals surface area (Å²) in [4.78, 5) is 8.97. The minimum atomic E-state index is -3.08. The number of hydrogen-bond acceptors (Lipinski definition) is 9. The van der Waals surface area contributed by atoms with Gasteiger partial charge in [0.05, 0.1) is 28.2 Å². The van der Waals surface area contributed by atoms with Gasteiger partial charge in [0.15, 0.2) is 16.1 Å². The topological polar surface area (TPSA) is 167 Å². The molecule has 1 saturated heterocycles. The highest BCUT2D eigenvalue weighted by molar-refractivity contribution is 7.91. The highest BCUT2D eigenvalue weighted by Crippen LogP contribution is 2.29. The molecule has 0 atom stereocenters. The van der Waals surface area contributed by atoms with Gasteiger partial charge in [-0.25, -0.2) is 22.8 Å². The number of fused-ring (bicyclic) bond motifs is 1. The lowest BCUT2D eigenvalue weighted by molar-refractivity contribution is -0.104. The van der Waals surface area contributed by atoms with Gasteiger partial charge in [-0.05, 0) is 84.5 Å². The van der Waals surface area contributed by atoms with E-state index in [0.29, 0.717) is 25.3 Å². The Labute approximate surface area is 278 Å². The number of nitrogens with two attached hydrogens (primary N) is 1. The second kappa shape index (κ2) is 14.2. The Morgan fingerprint density at radius 1 is 1.00 bits per heavy atom. The molecule has 13 heteroatoms. The van der Waals surface area contributed by atoms with Crippen LogP contribution >= 0.6 is 0 Å². The van der Waals surface area contributed by atoms with Gasteiger partial charge >= 0.3 is 0 Å². The van der Waals surface area contributed by atoms with Gasteiger partial charge in [0.25, 0.3) is 0 Å². The van der Waals surface area contributed by atoms with Gasteiger partial charge in [-0.2, -0.15) is 0 Å². The van der Waals surface area contributed by atoms with Crippen LogP contribution in [0.15, 0.2) is 79.4 Å². The van der Waals surface area contributed by atoms with Crippen LogP contribution in [-0.2, 0) is 29.3 Å². The molecule has 1 fully saturated rings. The van der Waals surface area contributed by atoms with Crippen LogP contribution in [0.3, 0.4) is 0 Å². The molecule has 11 nitrogen and oxygen atoms in total. The van der Waals surface area contributed by atoms with Crippen molar-refractivity contribution in [1.82, 2.24) is 19.9 Å². The number of halogens is 1. The van der Waals surface area contributed by atoms with Crippen LogP contribution < -0.4 is 21.4 Å². The number of benzene rings is 3. The highest BCUT2D eigenvalue weighted by atomic mass is 32.2. The van der Waals surface area contributed by atoms with Crippen molar-refractivity contribution in [2.24, 2.45) is 0 Å². The Morgan fingerprint density at radius 3 is 2.58 bits per heavy atom. The molecule has 0 amide bonds. The van der Waals surface area contributed by atoms with E-state index in [0.717, 1.165) is 50.2 Å². The smallest absolute Gasteiger partial charge is 0.169 e. The highest BCUT2D eigenvalue weighted by Gasteiger charge is 2.35. The van der Waals surface area contributed by atoms with Crippen molar-refractivity contribution in [3.63, 3.8) is 0 Å². The fourth-order valence-electron chi connectivity index (χ4n) is 5.94. The quantitative estimate of drug-likeness (QED) is 0.103. The molecule has 0 unspecified atom stereocenters. The van der Waals surface area contributed by atoms with Crippen LogP contribution in [-0.4, -0.2) is 69.6 Å². The predicted molar refractivity (Wildman–Crippen MR) is 185 cm³/mol. The number of aromatic nitrogens is 3. The van der Waals surface area contributed by atoms with Gasteiger partial charge in [0.1, 0.15) is 18.0 Å². The first kappa shape index (κ1) is 33.2. The summed E-state index contributed by atoms with van der Waals surface area (Å²) >= 11 is 0. The fraction of sp³-hybridized carbons (Fsp3) is 0.286. The Hall–Kier alpha value is -4.69. The summed E-state index contributed by atoms with van der Waals surface area (Å²) in [5, 5.41) is 37.4. The van der Waals surface area contributed by atoms with Crippen molar-refractivity contribution in [3.05, 3.63) is 107 Å². The lowest BCUT2D eigenvalue weighted by Crippen LogP contribution is -2.46. The first-order valence-electron chi connectivity index (χ1n) is 15.8. The molecule has 48 heavy (non-hydrogen) atoms. The van der Waals surface area contributed by atoms with Crippen LogP contribution in [0.25, 0.3) is 16.6 Å². The number of anilines is 3. The van der Waals surface area contributed by atoms with Gasteiger partial charge in [0.2, 0.25) is 0 Å². The van der Waals surface area contributed by atoms with Crippen molar-refractivity contribution in [2.45, 2.75) is 38.0 Å². The van der Waals surface area contributed by atoms with Crippen molar-refractivity contribution in [1.29, 1.82) is 0 Å². The molecule has 3 heterocycles. The summed E-state index contributed by atoms with van der Waals surface area (Å²) in [6.07, 6.45) is 7.87. The number of aliphatic hydroxyl groups excluding tert-OH is 1. The minimum absolute atomic E-state index is 0.00694. The largest absolute Gasteiger partial charge is 0.396 e. The monoisotopic (exact) mass is 672 g/mol. The van der Waals surface area contributed by atoms with E-state index >= 15 is 0 Å². The molecule has 1 aliphatic heterocycles. The van der Waals surface area contributed by atoms with E-state index in [1.807, 2.05) is 59.4 Å². The zero-order valence-electron chi connectivity index (χ0n) is 26.4. The zero-order valence-corrected chi connectivity index (χ0v) is 27.2. The fourth-order valence-corrected chi connectivity index (χ4v) is 7.53. The third-order valence-electron chi connectivity index (χ3n) is 8.69. The van der Waals surface area contributed by atoms with E-state index in [4.69, 9.17) is 5.41 Å². The molecule has 0 bridgehead atoms. The summed E-state index contributed by atoms with van der Waals surface area (Å²) in [7, 11) is -3.08. The summed E-state index contributed by atoms with van der Waals surface area (Å²) < 4.78 is 39.2. The molecule has 6 rings (SSSR count). The maximum absolute atomic E-state index is 13.6. The van der Waals surface area contributed by atoms with Gasteiger partial charge in [0, 0.05) is 61.1 Å². The first-order valence-corrected chi connectivity index (χ1v) is 17.6. The molecular weight excluding hydrogens is 633 g/mol. The minimum Gasteiger partial charge on any atom is -0.396 e. The Bertz CT molecular complexity index is 2040. The molecule has 0 radical (unpaired) electrons. The number of sulfone groups is 1. The maximum Gasteiger partial charge on any atom is 0.169 e. The molecule has 2 aromatic heterocycles. The second-order valence-corrected chi connectivity index (χ2v) is 14.5. The molecule has 1 aliphatic rings. The molecule has 0 aliphatic carbocycles. The van der Waals surface area contributed by atoms with Crippen LogP contribution in [0.2, 0.25) is 0 Å². The lowest BCUT2D eigenvalue weighted by atomic mass is 9.97. The first-order chi connectivity index (χ1) is 23.1. The van der Waals surface area contributed by atoms with Gasteiger partial charge < -0.3 is 30.7 Å². The van der Waals surface area contributed by atoms with E-state index in [1.54, 1.807) is 6.07 Å². The number of aliphatic hydroxyl groups is 2. The standard InChI is InChI=1S/C35H38FN7O4S/c36-28-3-1-2-24(14-28)18-39-32-6-4-29(15-26(32)17-37)42-34-31-16-30(5-7-33(31)40-23-41-34)43-20-25(8-11-44)27(21-43)19-38-22-35(45)9-12-48(46,47)13-10-35/h1-7,14-17,20-21,23,37-39,44-45H,8-13,18-19,22H2,(H,40,41,42)/p+1. The number of hydrogen-bond donors (Lipinski definition) is 6. The number of rotatable bonds is 13.